The van der Waals surface area contributed by atoms with Crippen molar-refractivity contribution in [1.29, 1.82) is 0 Å². The van der Waals surface area contributed by atoms with Gasteiger partial charge in [-0.05, 0) is 19.1 Å². The zero-order valence-electron chi connectivity index (χ0n) is 12.8. The Morgan fingerprint density at radius 1 is 1.52 bits per heavy atom. The van der Waals surface area contributed by atoms with Crippen LogP contribution in [0.1, 0.15) is 18.9 Å². The number of anilines is 1. The molecule has 1 unspecified atom stereocenters. The molecule has 3 heterocycles. The molecular formula is C14H17N5O4. The van der Waals surface area contributed by atoms with Crippen molar-refractivity contribution < 1.29 is 18.8 Å². The SMILES string of the molecule is COC1CN(c2cc(-c3noc(C(C)OC(N)=O)n3)ccn2)C1. The third-order valence-electron chi connectivity index (χ3n) is 3.59. The molecule has 0 aromatic carbocycles. The molecule has 0 spiro atoms. The van der Waals surface area contributed by atoms with Crippen LogP contribution >= 0.6 is 0 Å². The Morgan fingerprint density at radius 2 is 2.30 bits per heavy atom. The van der Waals surface area contributed by atoms with Gasteiger partial charge in [-0.1, -0.05) is 5.16 Å². The van der Waals surface area contributed by atoms with E-state index in [1.54, 1.807) is 26.3 Å². The number of hydrogen-bond donors (Lipinski definition) is 1. The summed E-state index contributed by atoms with van der Waals surface area (Å²) < 4.78 is 15.2. The Labute approximate surface area is 132 Å². The van der Waals surface area contributed by atoms with Gasteiger partial charge in [0.15, 0.2) is 6.10 Å². The number of carbonyl (C=O) groups is 1. The Bertz CT molecular complexity index is 698. The third-order valence-corrected chi connectivity index (χ3v) is 3.59. The second kappa shape index (κ2) is 6.21. The lowest BCUT2D eigenvalue weighted by Gasteiger charge is -2.39. The van der Waals surface area contributed by atoms with E-state index in [-0.39, 0.29) is 12.0 Å². The highest BCUT2D eigenvalue weighted by Crippen LogP contribution is 2.25. The van der Waals surface area contributed by atoms with E-state index in [2.05, 4.69) is 20.0 Å². The minimum absolute atomic E-state index is 0.181. The Hall–Kier alpha value is -2.68. The van der Waals surface area contributed by atoms with Crippen LogP contribution in [0.2, 0.25) is 0 Å². The summed E-state index contributed by atoms with van der Waals surface area (Å²) >= 11 is 0. The van der Waals surface area contributed by atoms with Crippen LogP contribution < -0.4 is 10.6 Å². The molecule has 1 aliphatic rings. The molecule has 1 atom stereocenters. The molecule has 9 heteroatoms. The maximum atomic E-state index is 10.8. The lowest BCUT2D eigenvalue weighted by Crippen LogP contribution is -2.52. The van der Waals surface area contributed by atoms with Gasteiger partial charge in [-0.15, -0.1) is 0 Å². The molecule has 0 aliphatic carbocycles. The van der Waals surface area contributed by atoms with Crippen molar-refractivity contribution in [1.82, 2.24) is 15.1 Å². The summed E-state index contributed by atoms with van der Waals surface area (Å²) in [6.07, 6.45) is 0.329. The number of methoxy groups -OCH3 is 1. The highest BCUT2D eigenvalue weighted by Gasteiger charge is 2.27. The summed E-state index contributed by atoms with van der Waals surface area (Å²) in [6.45, 7) is 3.20. The molecule has 0 bridgehead atoms. The molecule has 0 saturated carbocycles. The van der Waals surface area contributed by atoms with E-state index in [1.165, 1.54) is 0 Å². The second-order valence-electron chi connectivity index (χ2n) is 5.20. The minimum atomic E-state index is -0.895. The van der Waals surface area contributed by atoms with E-state index < -0.39 is 12.2 Å². The van der Waals surface area contributed by atoms with Crippen LogP contribution in [0.25, 0.3) is 11.4 Å². The predicted molar refractivity (Wildman–Crippen MR) is 79.6 cm³/mol. The van der Waals surface area contributed by atoms with E-state index in [0.29, 0.717) is 5.82 Å². The quantitative estimate of drug-likeness (QED) is 0.871. The van der Waals surface area contributed by atoms with Gasteiger partial charge in [0, 0.05) is 32.0 Å². The molecule has 2 aromatic heterocycles. The number of nitrogens with two attached hydrogens (primary N) is 1. The van der Waals surface area contributed by atoms with Crippen LogP contribution in [0, 0.1) is 0 Å². The van der Waals surface area contributed by atoms with Crippen molar-refractivity contribution in [3.63, 3.8) is 0 Å². The van der Waals surface area contributed by atoms with Crippen LogP contribution in [0.3, 0.4) is 0 Å². The molecule has 122 valence electrons. The van der Waals surface area contributed by atoms with Gasteiger partial charge < -0.3 is 24.6 Å². The van der Waals surface area contributed by atoms with Gasteiger partial charge in [-0.3, -0.25) is 0 Å². The number of amides is 1. The van der Waals surface area contributed by atoms with Crippen molar-refractivity contribution in [2.45, 2.75) is 19.1 Å². The Balaban J connectivity index is 1.75. The van der Waals surface area contributed by atoms with Gasteiger partial charge in [-0.25, -0.2) is 9.78 Å². The molecule has 1 fully saturated rings. The fraction of sp³-hybridized carbons (Fsp3) is 0.429. The smallest absolute Gasteiger partial charge is 0.405 e. The average molecular weight is 319 g/mol. The molecular weight excluding hydrogens is 302 g/mol. The van der Waals surface area contributed by atoms with Crippen LogP contribution in [0.15, 0.2) is 22.9 Å². The summed E-state index contributed by atoms with van der Waals surface area (Å²) in [5.41, 5.74) is 5.73. The molecule has 23 heavy (non-hydrogen) atoms. The van der Waals surface area contributed by atoms with Gasteiger partial charge in [-0.2, -0.15) is 4.98 Å². The lowest BCUT2D eigenvalue weighted by molar-refractivity contribution is 0.0783. The number of hydrogen-bond acceptors (Lipinski definition) is 8. The van der Waals surface area contributed by atoms with Gasteiger partial charge in [0.05, 0.1) is 6.10 Å². The zero-order chi connectivity index (χ0) is 16.4. The van der Waals surface area contributed by atoms with E-state index in [4.69, 9.17) is 19.7 Å². The van der Waals surface area contributed by atoms with Crippen molar-refractivity contribution >= 4 is 11.9 Å². The number of nitrogens with zero attached hydrogens (tertiary/aromatic N) is 4. The summed E-state index contributed by atoms with van der Waals surface area (Å²) in [7, 11) is 1.70. The normalized spacial score (nSPS) is 16.0. The van der Waals surface area contributed by atoms with Gasteiger partial charge in [0.1, 0.15) is 5.82 Å². The Morgan fingerprint density at radius 3 is 3.00 bits per heavy atom. The first-order valence-corrected chi connectivity index (χ1v) is 7.10. The Kier molecular flexibility index (Phi) is 4.11. The molecule has 1 saturated heterocycles. The minimum Gasteiger partial charge on any atom is -0.437 e. The highest BCUT2D eigenvalue weighted by molar-refractivity contribution is 5.65. The number of pyridine rings is 1. The fourth-order valence-electron chi connectivity index (χ4n) is 2.25. The van der Waals surface area contributed by atoms with Crippen LogP contribution in [-0.2, 0) is 9.47 Å². The second-order valence-corrected chi connectivity index (χ2v) is 5.20. The number of rotatable bonds is 5. The standard InChI is InChI=1S/C14H17N5O4/c1-8(22-14(15)20)13-17-12(18-23-13)9-3-4-16-11(5-9)19-6-10(7-19)21-2/h3-5,8,10H,6-7H2,1-2H3,(H2,15,20). The lowest BCUT2D eigenvalue weighted by atomic mass is 10.1. The van der Waals surface area contributed by atoms with Crippen LogP contribution in [-0.4, -0.2) is 47.5 Å². The number of carbonyl (C=O) groups excluding carboxylic acids is 1. The summed E-state index contributed by atoms with van der Waals surface area (Å²) in [4.78, 5) is 21.4. The van der Waals surface area contributed by atoms with Crippen LogP contribution in [0.4, 0.5) is 10.6 Å². The van der Waals surface area contributed by atoms with Crippen LogP contribution in [0.5, 0.6) is 0 Å². The predicted octanol–water partition coefficient (Wildman–Crippen LogP) is 1.12. The highest BCUT2D eigenvalue weighted by atomic mass is 16.6. The van der Waals surface area contributed by atoms with Gasteiger partial charge in [0.2, 0.25) is 5.82 Å². The van der Waals surface area contributed by atoms with E-state index in [0.717, 1.165) is 24.5 Å². The molecule has 1 amide bonds. The summed E-state index contributed by atoms with van der Waals surface area (Å²) in [5, 5.41) is 3.90. The van der Waals surface area contributed by atoms with Crippen molar-refractivity contribution in [3.8, 4) is 11.4 Å². The molecule has 3 rings (SSSR count). The summed E-state index contributed by atoms with van der Waals surface area (Å²) in [5.74, 6) is 1.40. The number of ether oxygens (including phenoxy) is 2. The number of primary amides is 1. The first-order chi connectivity index (χ1) is 11.1. The molecule has 2 N–H and O–H groups in total. The first kappa shape index (κ1) is 15.2. The van der Waals surface area contributed by atoms with Crippen molar-refractivity contribution in [3.05, 3.63) is 24.2 Å². The molecule has 0 radical (unpaired) electrons. The van der Waals surface area contributed by atoms with Gasteiger partial charge >= 0.3 is 6.09 Å². The molecule has 9 nitrogen and oxygen atoms in total. The number of aromatic nitrogens is 3. The van der Waals surface area contributed by atoms with Crippen molar-refractivity contribution in [2.75, 3.05) is 25.1 Å². The maximum absolute atomic E-state index is 10.8. The third kappa shape index (κ3) is 3.24. The zero-order valence-corrected chi connectivity index (χ0v) is 12.8. The first-order valence-electron chi connectivity index (χ1n) is 7.10. The van der Waals surface area contributed by atoms with E-state index >= 15 is 0 Å². The summed E-state index contributed by atoms with van der Waals surface area (Å²) in [6, 6.07) is 3.66. The van der Waals surface area contributed by atoms with Crippen molar-refractivity contribution in [2.24, 2.45) is 5.73 Å². The van der Waals surface area contributed by atoms with E-state index in [9.17, 15) is 4.79 Å². The fourth-order valence-corrected chi connectivity index (χ4v) is 2.25. The monoisotopic (exact) mass is 319 g/mol. The topological polar surface area (TPSA) is 117 Å². The van der Waals surface area contributed by atoms with E-state index in [1.807, 2.05) is 6.07 Å². The largest absolute Gasteiger partial charge is 0.437 e. The molecule has 1 aliphatic heterocycles. The average Bonchev–Trinajstić information content (AvgIpc) is 2.96. The maximum Gasteiger partial charge on any atom is 0.405 e. The molecule has 2 aromatic rings. The van der Waals surface area contributed by atoms with Gasteiger partial charge in [0.25, 0.3) is 5.89 Å².